The van der Waals surface area contributed by atoms with E-state index in [0.29, 0.717) is 5.69 Å². The highest BCUT2D eigenvalue weighted by molar-refractivity contribution is 6.08. The number of hydrogen-bond acceptors (Lipinski definition) is 4. The summed E-state index contributed by atoms with van der Waals surface area (Å²) in [6.45, 7) is -0.378. The summed E-state index contributed by atoms with van der Waals surface area (Å²) >= 11 is 0. The van der Waals surface area contributed by atoms with Crippen LogP contribution >= 0.6 is 0 Å². The molecule has 34 heavy (non-hydrogen) atoms. The number of alkyl halides is 3. The molecule has 1 aliphatic carbocycles. The van der Waals surface area contributed by atoms with E-state index < -0.39 is 23.8 Å². The van der Waals surface area contributed by atoms with Crippen LogP contribution in [0.5, 0.6) is 5.75 Å². The van der Waals surface area contributed by atoms with E-state index in [4.69, 9.17) is 4.74 Å². The Labute approximate surface area is 193 Å². The number of nitrogens with one attached hydrogen (secondary N) is 2. The summed E-state index contributed by atoms with van der Waals surface area (Å²) in [5, 5.41) is 17.3. The lowest BCUT2D eigenvalue weighted by Gasteiger charge is -2.16. The number of aliphatic hydroxyl groups excluding tert-OH is 1. The predicted molar refractivity (Wildman–Crippen MR) is 121 cm³/mol. The van der Waals surface area contributed by atoms with E-state index in [1.807, 2.05) is 24.3 Å². The van der Waals surface area contributed by atoms with Crippen LogP contribution in [0.25, 0.3) is 10.8 Å². The number of fused-ring (bicyclic) bond motifs is 1. The predicted octanol–water partition coefficient (Wildman–Crippen LogP) is 4.38. The summed E-state index contributed by atoms with van der Waals surface area (Å²) in [7, 11) is 0. The van der Waals surface area contributed by atoms with Gasteiger partial charge in [-0.3, -0.25) is 9.59 Å². The number of carbonyl (C=O) groups excluding carboxylic acids is 2. The summed E-state index contributed by atoms with van der Waals surface area (Å²) in [6, 6.07) is 15.0. The number of hydrogen-bond donors (Lipinski definition) is 3. The number of benzene rings is 3. The van der Waals surface area contributed by atoms with Crippen molar-refractivity contribution in [1.29, 1.82) is 0 Å². The molecule has 9 heteroatoms. The highest BCUT2D eigenvalue weighted by Gasteiger charge is 2.31. The van der Waals surface area contributed by atoms with Gasteiger partial charge < -0.3 is 20.5 Å². The van der Waals surface area contributed by atoms with Crippen LogP contribution in [-0.4, -0.2) is 36.2 Å². The van der Waals surface area contributed by atoms with E-state index in [1.165, 1.54) is 0 Å². The van der Waals surface area contributed by atoms with Crippen LogP contribution in [0.15, 0.2) is 60.7 Å². The van der Waals surface area contributed by atoms with Gasteiger partial charge in [0.05, 0.1) is 16.8 Å². The average molecular weight is 472 g/mol. The van der Waals surface area contributed by atoms with Crippen LogP contribution in [0, 0.1) is 5.92 Å². The normalized spacial score (nSPS) is 14.5. The van der Waals surface area contributed by atoms with Crippen LogP contribution < -0.4 is 15.4 Å². The summed E-state index contributed by atoms with van der Waals surface area (Å²) in [5.41, 5.74) is -0.139. The van der Waals surface area contributed by atoms with Crippen LogP contribution in [0.3, 0.4) is 0 Å². The zero-order valence-corrected chi connectivity index (χ0v) is 18.1. The van der Waals surface area contributed by atoms with Crippen molar-refractivity contribution in [1.82, 2.24) is 5.32 Å². The summed E-state index contributed by atoms with van der Waals surface area (Å²) < 4.78 is 43.2. The molecule has 0 saturated heterocycles. The van der Waals surface area contributed by atoms with E-state index in [9.17, 15) is 27.9 Å². The highest BCUT2D eigenvalue weighted by atomic mass is 19.4. The largest absolute Gasteiger partial charge is 0.491 e. The monoisotopic (exact) mass is 472 g/mol. The van der Waals surface area contributed by atoms with Gasteiger partial charge in [0.25, 0.3) is 5.91 Å². The third kappa shape index (κ3) is 5.85. The molecule has 4 rings (SSSR count). The second-order valence-electron chi connectivity index (χ2n) is 8.21. The molecule has 6 nitrogen and oxygen atoms in total. The van der Waals surface area contributed by atoms with Gasteiger partial charge in [-0.2, -0.15) is 13.2 Å². The minimum Gasteiger partial charge on any atom is -0.491 e. The topological polar surface area (TPSA) is 87.7 Å². The SMILES string of the molecule is O=C(NCC(O)COc1ccc(C(F)(F)F)cc1)c1cc2ccccc2cc1NC(=O)C1CC1. The van der Waals surface area contributed by atoms with E-state index in [1.54, 1.807) is 12.1 Å². The molecule has 0 aromatic heterocycles. The van der Waals surface area contributed by atoms with Crippen LogP contribution in [0.1, 0.15) is 28.8 Å². The molecule has 3 aromatic rings. The average Bonchev–Trinajstić information content (AvgIpc) is 3.66. The molecular weight excluding hydrogens is 449 g/mol. The maximum Gasteiger partial charge on any atom is 0.416 e. The molecule has 0 spiro atoms. The van der Waals surface area contributed by atoms with Gasteiger partial charge in [0.15, 0.2) is 0 Å². The number of anilines is 1. The van der Waals surface area contributed by atoms with E-state index in [0.717, 1.165) is 47.9 Å². The van der Waals surface area contributed by atoms with Crippen molar-refractivity contribution in [3.05, 3.63) is 71.8 Å². The number of amides is 2. The first-order valence-corrected chi connectivity index (χ1v) is 10.8. The molecule has 1 unspecified atom stereocenters. The van der Waals surface area contributed by atoms with Crippen LogP contribution in [0.2, 0.25) is 0 Å². The van der Waals surface area contributed by atoms with Gasteiger partial charge in [0, 0.05) is 12.5 Å². The van der Waals surface area contributed by atoms with E-state index in [2.05, 4.69) is 10.6 Å². The Balaban J connectivity index is 1.37. The van der Waals surface area contributed by atoms with Crippen molar-refractivity contribution in [2.45, 2.75) is 25.1 Å². The third-order valence-electron chi connectivity index (χ3n) is 5.46. The van der Waals surface area contributed by atoms with Crippen molar-refractivity contribution in [3.8, 4) is 5.75 Å². The Morgan fingerprint density at radius 1 is 1.03 bits per heavy atom. The molecular formula is C25H23F3N2O4. The molecule has 1 aliphatic rings. The Bertz CT molecular complexity index is 1190. The molecule has 1 fully saturated rings. The molecule has 0 bridgehead atoms. The first-order valence-electron chi connectivity index (χ1n) is 10.8. The third-order valence-corrected chi connectivity index (χ3v) is 5.46. The van der Waals surface area contributed by atoms with Gasteiger partial charge >= 0.3 is 6.18 Å². The number of ether oxygens (including phenoxy) is 1. The molecule has 178 valence electrons. The lowest BCUT2D eigenvalue weighted by Crippen LogP contribution is -2.35. The van der Waals surface area contributed by atoms with Crippen LogP contribution in [-0.2, 0) is 11.0 Å². The van der Waals surface area contributed by atoms with Gasteiger partial charge in [0.2, 0.25) is 5.91 Å². The molecule has 3 aromatic carbocycles. The van der Waals surface area contributed by atoms with Gasteiger partial charge in [-0.15, -0.1) is 0 Å². The zero-order chi connectivity index (χ0) is 24.3. The first kappa shape index (κ1) is 23.6. The molecule has 0 aliphatic heterocycles. The molecule has 1 saturated carbocycles. The minimum atomic E-state index is -4.44. The van der Waals surface area contributed by atoms with Crippen molar-refractivity contribution < 1.29 is 32.6 Å². The van der Waals surface area contributed by atoms with Gasteiger partial charge in [-0.25, -0.2) is 0 Å². The Morgan fingerprint density at radius 2 is 1.68 bits per heavy atom. The first-order chi connectivity index (χ1) is 16.2. The van der Waals surface area contributed by atoms with E-state index >= 15 is 0 Å². The maximum atomic E-state index is 12.9. The number of halogens is 3. The second kappa shape index (κ2) is 9.72. The Hall–Kier alpha value is -3.59. The van der Waals surface area contributed by atoms with Crippen molar-refractivity contribution in [3.63, 3.8) is 0 Å². The number of aliphatic hydroxyl groups is 1. The lowest BCUT2D eigenvalue weighted by molar-refractivity contribution is -0.137. The van der Waals surface area contributed by atoms with E-state index in [-0.39, 0.29) is 36.3 Å². The fourth-order valence-corrected chi connectivity index (χ4v) is 3.41. The Kier molecular flexibility index (Phi) is 6.74. The standard InChI is InChI=1S/C25H23F3N2O4/c26-25(27,28)18-7-9-20(10-8-18)34-14-19(31)13-29-24(33)21-11-16-3-1-2-4-17(16)12-22(21)30-23(32)15-5-6-15/h1-4,7-12,15,19,31H,5-6,13-14H2,(H,29,33)(H,30,32). The second-order valence-corrected chi connectivity index (χ2v) is 8.21. The Morgan fingerprint density at radius 3 is 2.29 bits per heavy atom. The molecule has 0 heterocycles. The number of carbonyl (C=O) groups is 2. The molecule has 2 amide bonds. The maximum absolute atomic E-state index is 12.9. The molecule has 1 atom stereocenters. The highest BCUT2D eigenvalue weighted by Crippen LogP contribution is 2.32. The van der Waals surface area contributed by atoms with Crippen LogP contribution in [0.4, 0.5) is 18.9 Å². The fourth-order valence-electron chi connectivity index (χ4n) is 3.41. The van der Waals surface area contributed by atoms with Gasteiger partial charge in [-0.05, 0) is 60.0 Å². The smallest absolute Gasteiger partial charge is 0.416 e. The summed E-state index contributed by atoms with van der Waals surface area (Å²) in [5.74, 6) is -0.482. The van der Waals surface area contributed by atoms with Crippen molar-refractivity contribution in [2.75, 3.05) is 18.5 Å². The quantitative estimate of drug-likeness (QED) is 0.454. The van der Waals surface area contributed by atoms with Crippen molar-refractivity contribution in [2.24, 2.45) is 5.92 Å². The minimum absolute atomic E-state index is 0.0356. The van der Waals surface area contributed by atoms with Gasteiger partial charge in [0.1, 0.15) is 18.5 Å². The van der Waals surface area contributed by atoms with Crippen molar-refractivity contribution >= 4 is 28.3 Å². The molecule has 0 radical (unpaired) electrons. The number of rotatable bonds is 8. The lowest BCUT2D eigenvalue weighted by atomic mass is 10.0. The molecule has 3 N–H and O–H groups in total. The summed E-state index contributed by atoms with van der Waals surface area (Å²) in [4.78, 5) is 25.2. The summed E-state index contributed by atoms with van der Waals surface area (Å²) in [6.07, 6.45) is -3.89. The fraction of sp³-hybridized carbons (Fsp3) is 0.280. The zero-order valence-electron chi connectivity index (χ0n) is 18.1. The van der Waals surface area contributed by atoms with Gasteiger partial charge in [-0.1, -0.05) is 24.3 Å².